The van der Waals surface area contributed by atoms with Crippen molar-refractivity contribution in [2.24, 2.45) is 29.4 Å². The van der Waals surface area contributed by atoms with Gasteiger partial charge in [-0.1, -0.05) is 54.5 Å². The van der Waals surface area contributed by atoms with E-state index in [1.165, 1.54) is 18.2 Å². The number of hydrogen-bond donors (Lipinski definition) is 2. The summed E-state index contributed by atoms with van der Waals surface area (Å²) in [6, 6.07) is 2.85. The molecule has 3 N–H and O–H groups in total. The predicted molar refractivity (Wildman–Crippen MR) is 152 cm³/mol. The molecule has 0 amide bonds. The summed E-state index contributed by atoms with van der Waals surface area (Å²) in [5.41, 5.74) is 6.48. The van der Waals surface area contributed by atoms with Crippen molar-refractivity contribution in [3.63, 3.8) is 0 Å². The van der Waals surface area contributed by atoms with E-state index in [2.05, 4.69) is 0 Å². The molecular formula is C30H47NO10. The van der Waals surface area contributed by atoms with Crippen molar-refractivity contribution in [2.75, 3.05) is 13.2 Å². The van der Waals surface area contributed by atoms with Gasteiger partial charge in [-0.05, 0) is 55.7 Å². The number of rotatable bonds is 16. The Kier molecular flexibility index (Phi) is 15.2. The highest BCUT2D eigenvalue weighted by atomic mass is 16.7. The van der Waals surface area contributed by atoms with E-state index in [-0.39, 0.29) is 30.6 Å². The lowest BCUT2D eigenvalue weighted by Gasteiger charge is -2.32. The zero-order chi connectivity index (χ0) is 31.3. The number of carboxylic acids is 1. The van der Waals surface area contributed by atoms with Crippen LogP contribution in [0, 0.1) is 23.7 Å². The summed E-state index contributed by atoms with van der Waals surface area (Å²) in [7, 11) is 0. The van der Waals surface area contributed by atoms with Crippen molar-refractivity contribution < 1.29 is 48.0 Å². The Morgan fingerprint density at radius 1 is 0.829 bits per heavy atom. The van der Waals surface area contributed by atoms with Crippen molar-refractivity contribution in [3.05, 3.63) is 23.8 Å². The molecule has 1 aromatic carbocycles. The number of carbonyl (C=O) groups excluding carboxylic acids is 3. The van der Waals surface area contributed by atoms with E-state index in [1.54, 1.807) is 20.8 Å². The highest BCUT2D eigenvalue weighted by molar-refractivity contribution is 5.75. The first kappa shape index (κ1) is 35.7. The number of aliphatic carboxylic acids is 1. The third-order valence-electron chi connectivity index (χ3n) is 6.87. The van der Waals surface area contributed by atoms with E-state index in [4.69, 9.17) is 29.4 Å². The average Bonchev–Trinajstić information content (AvgIpc) is 2.88. The number of carboxylic acid groups (broad SMARTS) is 1. The Morgan fingerprint density at radius 3 is 1.80 bits per heavy atom. The Balaban J connectivity index is 3.38. The van der Waals surface area contributed by atoms with Crippen LogP contribution in [0.4, 0.5) is 9.59 Å². The van der Waals surface area contributed by atoms with Crippen LogP contribution in [0.1, 0.15) is 86.1 Å². The fourth-order valence-corrected chi connectivity index (χ4v) is 3.75. The lowest BCUT2D eigenvalue weighted by molar-refractivity contribution is -0.155. The van der Waals surface area contributed by atoms with Gasteiger partial charge in [0.15, 0.2) is 11.5 Å². The first-order valence-corrected chi connectivity index (χ1v) is 14.2. The molecular weight excluding hydrogens is 534 g/mol. The minimum Gasteiger partial charge on any atom is -0.480 e. The standard InChI is InChI=1S/C30H47NO10/c1-9-19(6)28(34)39-21(8)20(7)25(26(31)27(32)33)22-10-11-23(40-29(35)37-14-12-17(2)3)24(16-22)41-30(36)38-15-13-18(4)5/h10-11,16-21,25-26H,9,12-15,31H2,1-8H3,(H,32,33)/t19?,20?,21?,25?,26-/m0/s1. The molecule has 0 aliphatic rings. The second kappa shape index (κ2) is 17.5. The van der Waals surface area contributed by atoms with Gasteiger partial charge in [0.2, 0.25) is 0 Å². The van der Waals surface area contributed by atoms with Gasteiger partial charge in [0.25, 0.3) is 0 Å². The number of esters is 1. The quantitative estimate of drug-likeness (QED) is 0.135. The third-order valence-corrected chi connectivity index (χ3v) is 6.87. The van der Waals surface area contributed by atoms with Gasteiger partial charge in [0.1, 0.15) is 12.1 Å². The maximum absolute atomic E-state index is 12.5. The normalized spacial score (nSPS) is 14.9. The molecule has 5 atom stereocenters. The van der Waals surface area contributed by atoms with Gasteiger partial charge in [-0.25, -0.2) is 9.59 Å². The smallest absolute Gasteiger partial charge is 0.480 e. The van der Waals surface area contributed by atoms with Crippen LogP contribution in [0.25, 0.3) is 0 Å². The molecule has 11 nitrogen and oxygen atoms in total. The van der Waals surface area contributed by atoms with E-state index < -0.39 is 48.2 Å². The summed E-state index contributed by atoms with van der Waals surface area (Å²) in [4.78, 5) is 49.2. The molecule has 0 aliphatic carbocycles. The van der Waals surface area contributed by atoms with Crippen LogP contribution >= 0.6 is 0 Å². The number of nitrogens with two attached hydrogens (primary N) is 1. The van der Waals surface area contributed by atoms with Gasteiger partial charge in [-0.3, -0.25) is 9.59 Å². The zero-order valence-electron chi connectivity index (χ0n) is 25.5. The topological polar surface area (TPSA) is 161 Å². The summed E-state index contributed by atoms with van der Waals surface area (Å²) in [6.45, 7) is 15.2. The van der Waals surface area contributed by atoms with Crippen LogP contribution in [-0.4, -0.2) is 54.7 Å². The summed E-state index contributed by atoms with van der Waals surface area (Å²) >= 11 is 0. The zero-order valence-corrected chi connectivity index (χ0v) is 25.5. The largest absolute Gasteiger partial charge is 0.513 e. The lowest BCUT2D eigenvalue weighted by atomic mass is 9.79. The predicted octanol–water partition coefficient (Wildman–Crippen LogP) is 5.92. The van der Waals surface area contributed by atoms with Gasteiger partial charge >= 0.3 is 24.2 Å². The number of hydrogen-bond acceptors (Lipinski definition) is 10. The molecule has 1 rings (SSSR count). The van der Waals surface area contributed by atoms with Crippen LogP contribution in [-0.2, 0) is 23.8 Å². The van der Waals surface area contributed by atoms with Crippen LogP contribution < -0.4 is 15.2 Å². The maximum Gasteiger partial charge on any atom is 0.513 e. The van der Waals surface area contributed by atoms with Crippen molar-refractivity contribution in [1.82, 2.24) is 0 Å². The maximum atomic E-state index is 12.5. The molecule has 0 aliphatic heterocycles. The molecule has 0 saturated carbocycles. The van der Waals surface area contributed by atoms with Crippen LogP contribution in [0.5, 0.6) is 11.5 Å². The molecule has 0 radical (unpaired) electrons. The Labute approximate surface area is 243 Å². The fraction of sp³-hybridized carbons (Fsp3) is 0.667. The molecule has 0 aromatic heterocycles. The van der Waals surface area contributed by atoms with Gasteiger partial charge < -0.3 is 34.5 Å². The number of carbonyl (C=O) groups is 4. The Hall–Kier alpha value is -3.34. The summed E-state index contributed by atoms with van der Waals surface area (Å²) in [6.07, 6.45) is -0.873. The molecule has 0 bridgehead atoms. The minimum absolute atomic E-state index is 0.117. The molecule has 232 valence electrons. The highest BCUT2D eigenvalue weighted by Crippen LogP contribution is 2.37. The van der Waals surface area contributed by atoms with Crippen LogP contribution in [0.2, 0.25) is 0 Å². The molecule has 0 saturated heterocycles. The van der Waals surface area contributed by atoms with E-state index in [9.17, 15) is 24.3 Å². The summed E-state index contributed by atoms with van der Waals surface area (Å²) in [5, 5.41) is 9.78. The van der Waals surface area contributed by atoms with Gasteiger partial charge in [-0.15, -0.1) is 0 Å². The van der Waals surface area contributed by atoms with E-state index >= 15 is 0 Å². The first-order chi connectivity index (χ1) is 19.2. The Morgan fingerprint density at radius 2 is 1.34 bits per heavy atom. The van der Waals surface area contributed by atoms with Crippen LogP contribution in [0.3, 0.4) is 0 Å². The summed E-state index contributed by atoms with van der Waals surface area (Å²) < 4.78 is 26.6. The number of benzene rings is 1. The molecule has 11 heteroatoms. The monoisotopic (exact) mass is 581 g/mol. The average molecular weight is 582 g/mol. The molecule has 41 heavy (non-hydrogen) atoms. The van der Waals surface area contributed by atoms with Crippen molar-refractivity contribution in [1.29, 1.82) is 0 Å². The van der Waals surface area contributed by atoms with Crippen LogP contribution in [0.15, 0.2) is 18.2 Å². The van der Waals surface area contributed by atoms with Gasteiger partial charge in [-0.2, -0.15) is 0 Å². The van der Waals surface area contributed by atoms with E-state index in [0.29, 0.717) is 36.7 Å². The lowest BCUT2D eigenvalue weighted by Crippen LogP contribution is -2.43. The molecule has 0 fully saturated rings. The second-order valence-electron chi connectivity index (χ2n) is 11.2. The summed E-state index contributed by atoms with van der Waals surface area (Å²) in [5.74, 6) is -3.14. The second-order valence-corrected chi connectivity index (χ2v) is 11.2. The SMILES string of the molecule is CCC(C)C(=O)OC(C)C(C)C(c1ccc(OC(=O)OCCC(C)C)c(OC(=O)OCCC(C)C)c1)[C@H](N)C(=O)O. The van der Waals surface area contributed by atoms with Gasteiger partial charge in [0.05, 0.1) is 19.1 Å². The van der Waals surface area contributed by atoms with E-state index in [0.717, 1.165) is 0 Å². The fourth-order valence-electron chi connectivity index (χ4n) is 3.75. The Bertz CT molecular complexity index is 1010. The molecule has 1 aromatic rings. The van der Waals surface area contributed by atoms with Gasteiger partial charge in [0, 0.05) is 11.8 Å². The first-order valence-electron chi connectivity index (χ1n) is 14.2. The molecule has 4 unspecified atom stereocenters. The van der Waals surface area contributed by atoms with Crippen molar-refractivity contribution in [3.8, 4) is 11.5 Å². The van der Waals surface area contributed by atoms with E-state index in [1.807, 2.05) is 34.6 Å². The number of ether oxygens (including phenoxy) is 5. The highest BCUT2D eigenvalue weighted by Gasteiger charge is 2.36. The third kappa shape index (κ3) is 12.4. The van der Waals surface area contributed by atoms with Crippen molar-refractivity contribution >= 4 is 24.2 Å². The molecule has 0 heterocycles. The minimum atomic E-state index is -1.40. The molecule has 0 spiro atoms. The van der Waals surface area contributed by atoms with Crippen molar-refractivity contribution in [2.45, 2.75) is 92.7 Å².